The van der Waals surface area contributed by atoms with Crippen LogP contribution in [0.15, 0.2) is 42.5 Å². The van der Waals surface area contributed by atoms with Crippen molar-refractivity contribution in [3.8, 4) is 0 Å². The third kappa shape index (κ3) is 4.10. The van der Waals surface area contributed by atoms with Gasteiger partial charge in [0, 0.05) is 23.5 Å². The van der Waals surface area contributed by atoms with Crippen LogP contribution in [0.2, 0.25) is 5.02 Å². The topological polar surface area (TPSA) is 50.4 Å². The van der Waals surface area contributed by atoms with Crippen molar-refractivity contribution in [3.05, 3.63) is 58.9 Å². The fraction of sp³-hybridized carbons (Fsp3) is 0.133. The van der Waals surface area contributed by atoms with Gasteiger partial charge in [0.2, 0.25) is 0 Å². The summed E-state index contributed by atoms with van der Waals surface area (Å²) in [5, 5.41) is 5.72. The Morgan fingerprint density at radius 2 is 1.95 bits per heavy atom. The van der Waals surface area contributed by atoms with Gasteiger partial charge < -0.3 is 10.1 Å². The summed E-state index contributed by atoms with van der Waals surface area (Å²) in [6.07, 6.45) is -0.548. The number of anilines is 2. The number of amides is 1. The zero-order valence-corrected chi connectivity index (χ0v) is 12.1. The largest absolute Gasteiger partial charge is 0.453 e. The Balaban J connectivity index is 2.05. The Kier molecular flexibility index (Phi) is 5.00. The molecule has 4 nitrogen and oxygen atoms in total. The molecule has 21 heavy (non-hydrogen) atoms. The molecule has 2 N–H and O–H groups in total. The molecule has 2 aromatic carbocycles. The monoisotopic (exact) mass is 308 g/mol. The van der Waals surface area contributed by atoms with Crippen molar-refractivity contribution < 1.29 is 13.9 Å². The van der Waals surface area contributed by atoms with Crippen molar-refractivity contribution in [1.82, 2.24) is 0 Å². The Morgan fingerprint density at radius 3 is 2.71 bits per heavy atom. The average molecular weight is 309 g/mol. The minimum Gasteiger partial charge on any atom is -0.453 e. The Morgan fingerprint density at radius 1 is 1.24 bits per heavy atom. The van der Waals surface area contributed by atoms with Gasteiger partial charge in [-0.15, -0.1) is 0 Å². The summed E-state index contributed by atoms with van der Waals surface area (Å²) in [4.78, 5) is 11.1. The van der Waals surface area contributed by atoms with Crippen molar-refractivity contribution in [2.24, 2.45) is 0 Å². The molecule has 0 unspecified atom stereocenters. The Labute approximate surface area is 126 Å². The number of carbonyl (C=O) groups excluding carboxylic acids is 1. The van der Waals surface area contributed by atoms with Gasteiger partial charge >= 0.3 is 6.09 Å². The second-order valence-corrected chi connectivity index (χ2v) is 4.67. The van der Waals surface area contributed by atoms with Crippen LogP contribution < -0.4 is 10.6 Å². The molecule has 0 atom stereocenters. The maximum absolute atomic E-state index is 13.8. The molecular formula is C15H14ClFN2O2. The van der Waals surface area contributed by atoms with Gasteiger partial charge in [0.1, 0.15) is 5.82 Å². The highest BCUT2D eigenvalue weighted by atomic mass is 35.5. The van der Waals surface area contributed by atoms with Gasteiger partial charge in [0.15, 0.2) is 0 Å². The standard InChI is InChI=1S/C15H14ClFN2O2/c1-21-15(20)19-12-6-3-5-11(8-12)18-9-10-4-2-7-13(16)14(10)17/h2-8,18H,9H2,1H3,(H,19,20). The number of benzene rings is 2. The minimum absolute atomic E-state index is 0.0930. The van der Waals surface area contributed by atoms with Crippen LogP contribution in [0, 0.1) is 5.82 Å². The van der Waals surface area contributed by atoms with Crippen molar-refractivity contribution in [2.45, 2.75) is 6.54 Å². The molecule has 0 bridgehead atoms. The zero-order chi connectivity index (χ0) is 15.2. The van der Waals surface area contributed by atoms with E-state index in [0.717, 1.165) is 5.69 Å². The third-order valence-electron chi connectivity index (χ3n) is 2.81. The second-order valence-electron chi connectivity index (χ2n) is 4.26. The molecule has 0 saturated carbocycles. The summed E-state index contributed by atoms with van der Waals surface area (Å²) in [6.45, 7) is 0.286. The molecule has 0 aliphatic rings. The van der Waals surface area contributed by atoms with E-state index >= 15 is 0 Å². The average Bonchev–Trinajstić information content (AvgIpc) is 2.49. The lowest BCUT2D eigenvalue weighted by Crippen LogP contribution is -2.11. The summed E-state index contributed by atoms with van der Waals surface area (Å²) in [7, 11) is 1.29. The fourth-order valence-corrected chi connectivity index (χ4v) is 1.95. The van der Waals surface area contributed by atoms with E-state index in [2.05, 4.69) is 15.4 Å². The van der Waals surface area contributed by atoms with Crippen LogP contribution in [0.4, 0.5) is 20.6 Å². The smallest absolute Gasteiger partial charge is 0.411 e. The maximum atomic E-state index is 13.8. The molecule has 0 fully saturated rings. The first-order chi connectivity index (χ1) is 10.1. The highest BCUT2D eigenvalue weighted by Crippen LogP contribution is 2.20. The predicted octanol–water partition coefficient (Wildman–Crippen LogP) is 4.27. The summed E-state index contributed by atoms with van der Waals surface area (Å²) in [6, 6.07) is 11.9. The molecule has 6 heteroatoms. The van der Waals surface area contributed by atoms with Crippen LogP contribution in [0.1, 0.15) is 5.56 Å². The normalized spacial score (nSPS) is 10.0. The van der Waals surface area contributed by atoms with E-state index in [1.165, 1.54) is 13.2 Å². The van der Waals surface area contributed by atoms with Gasteiger partial charge in [-0.25, -0.2) is 9.18 Å². The van der Waals surface area contributed by atoms with Crippen molar-refractivity contribution in [1.29, 1.82) is 0 Å². The van der Waals surface area contributed by atoms with Gasteiger partial charge in [-0.05, 0) is 24.3 Å². The highest BCUT2D eigenvalue weighted by molar-refractivity contribution is 6.30. The number of hydrogen-bond acceptors (Lipinski definition) is 3. The summed E-state index contributed by atoms with van der Waals surface area (Å²) >= 11 is 5.73. The van der Waals surface area contributed by atoms with Crippen LogP contribution in [0.25, 0.3) is 0 Å². The molecule has 0 saturated heterocycles. The van der Waals surface area contributed by atoms with E-state index in [-0.39, 0.29) is 11.6 Å². The lowest BCUT2D eigenvalue weighted by Gasteiger charge is -2.10. The zero-order valence-electron chi connectivity index (χ0n) is 11.3. The van der Waals surface area contributed by atoms with Crippen molar-refractivity contribution in [2.75, 3.05) is 17.7 Å². The first-order valence-electron chi connectivity index (χ1n) is 6.22. The van der Waals surface area contributed by atoms with Crippen molar-refractivity contribution >= 4 is 29.1 Å². The molecule has 0 aliphatic heterocycles. The summed E-state index contributed by atoms with van der Waals surface area (Å²) < 4.78 is 18.3. The van der Waals surface area contributed by atoms with Gasteiger partial charge in [0.25, 0.3) is 0 Å². The number of methoxy groups -OCH3 is 1. The quantitative estimate of drug-likeness (QED) is 0.887. The summed E-state index contributed by atoms with van der Waals surface area (Å²) in [5.74, 6) is -0.435. The molecule has 0 radical (unpaired) electrons. The molecule has 0 aromatic heterocycles. The van der Waals surface area contributed by atoms with Crippen LogP contribution in [0.3, 0.4) is 0 Å². The van der Waals surface area contributed by atoms with Gasteiger partial charge in [0.05, 0.1) is 12.1 Å². The van der Waals surface area contributed by atoms with E-state index in [0.29, 0.717) is 11.3 Å². The van der Waals surface area contributed by atoms with Gasteiger partial charge in [-0.1, -0.05) is 29.8 Å². The number of halogens is 2. The van der Waals surface area contributed by atoms with E-state index in [1.54, 1.807) is 30.3 Å². The highest BCUT2D eigenvalue weighted by Gasteiger charge is 2.06. The van der Waals surface area contributed by atoms with E-state index < -0.39 is 11.9 Å². The minimum atomic E-state index is -0.548. The Bertz CT molecular complexity index is 649. The SMILES string of the molecule is COC(=O)Nc1cccc(NCc2cccc(Cl)c2F)c1. The molecule has 110 valence electrons. The second kappa shape index (κ2) is 6.95. The van der Waals surface area contributed by atoms with Crippen LogP contribution in [0.5, 0.6) is 0 Å². The summed E-state index contributed by atoms with van der Waals surface area (Å²) in [5.41, 5.74) is 1.79. The van der Waals surface area contributed by atoms with Crippen molar-refractivity contribution in [3.63, 3.8) is 0 Å². The number of rotatable bonds is 4. The first-order valence-corrected chi connectivity index (χ1v) is 6.59. The maximum Gasteiger partial charge on any atom is 0.411 e. The molecule has 0 spiro atoms. The molecule has 2 aromatic rings. The van der Waals surface area contributed by atoms with E-state index in [9.17, 15) is 9.18 Å². The molecule has 1 amide bonds. The number of nitrogens with one attached hydrogen (secondary N) is 2. The van der Waals surface area contributed by atoms with Gasteiger partial charge in [-0.2, -0.15) is 0 Å². The van der Waals surface area contributed by atoms with Crippen LogP contribution >= 0.6 is 11.6 Å². The molecule has 0 aliphatic carbocycles. The predicted molar refractivity (Wildman–Crippen MR) is 81.2 cm³/mol. The van der Waals surface area contributed by atoms with Crippen LogP contribution in [-0.2, 0) is 11.3 Å². The molecule has 0 heterocycles. The first kappa shape index (κ1) is 15.1. The van der Waals surface area contributed by atoms with E-state index in [1.807, 2.05) is 6.07 Å². The van der Waals surface area contributed by atoms with E-state index in [4.69, 9.17) is 11.6 Å². The number of hydrogen-bond donors (Lipinski definition) is 2. The van der Waals surface area contributed by atoms with Gasteiger partial charge in [-0.3, -0.25) is 5.32 Å². The fourth-order valence-electron chi connectivity index (χ4n) is 1.76. The number of ether oxygens (including phenoxy) is 1. The lowest BCUT2D eigenvalue weighted by atomic mass is 10.2. The lowest BCUT2D eigenvalue weighted by molar-refractivity contribution is 0.187. The third-order valence-corrected chi connectivity index (χ3v) is 3.10. The van der Waals surface area contributed by atoms with Crippen LogP contribution in [-0.4, -0.2) is 13.2 Å². The molecular weight excluding hydrogens is 295 g/mol. The molecule has 2 rings (SSSR count). The Hall–Kier alpha value is -2.27. The number of carbonyl (C=O) groups is 1.